The number of hydrogen-bond donors (Lipinski definition) is 3. The fraction of sp³-hybridized carbons (Fsp3) is 0.538. The van der Waals surface area contributed by atoms with Crippen molar-refractivity contribution in [1.29, 1.82) is 0 Å². The van der Waals surface area contributed by atoms with Gasteiger partial charge in [0.05, 0.1) is 5.69 Å². The molecule has 0 saturated carbocycles. The van der Waals surface area contributed by atoms with Crippen molar-refractivity contribution in [3.05, 3.63) is 24.3 Å². The van der Waals surface area contributed by atoms with Crippen molar-refractivity contribution in [2.24, 2.45) is 5.84 Å². The van der Waals surface area contributed by atoms with Gasteiger partial charge in [-0.15, -0.1) is 0 Å². The molecule has 0 unspecified atom stereocenters. The van der Waals surface area contributed by atoms with Gasteiger partial charge in [-0.2, -0.15) is 11.8 Å². The third-order valence-corrected chi connectivity index (χ3v) is 5.12. The largest absolute Gasteiger partial charge is 0.323 e. The van der Waals surface area contributed by atoms with E-state index in [1.807, 2.05) is 11.8 Å². The fourth-order valence-corrected chi connectivity index (χ4v) is 3.57. The van der Waals surface area contributed by atoms with Crippen molar-refractivity contribution in [2.45, 2.75) is 30.6 Å². The number of nitrogen functional groups attached to an aromatic ring is 1. The molecule has 0 spiro atoms. The van der Waals surface area contributed by atoms with Crippen LogP contribution >= 0.6 is 11.8 Å². The maximum Gasteiger partial charge on any atom is 0.242 e. The van der Waals surface area contributed by atoms with Crippen molar-refractivity contribution in [2.75, 3.05) is 24.0 Å². The molecule has 0 bridgehead atoms. The van der Waals surface area contributed by atoms with Crippen LogP contribution in [0.2, 0.25) is 0 Å². The molecule has 0 saturated heterocycles. The van der Waals surface area contributed by atoms with Crippen molar-refractivity contribution < 1.29 is 8.42 Å². The number of benzene rings is 1. The summed E-state index contributed by atoms with van der Waals surface area (Å²) in [5.41, 5.74) is 2.81. The molecule has 1 rings (SSSR count). The van der Waals surface area contributed by atoms with Crippen LogP contribution in [-0.4, -0.2) is 27.0 Å². The molecule has 20 heavy (non-hydrogen) atoms. The Hall–Kier alpha value is -0.760. The quantitative estimate of drug-likeness (QED) is 0.350. The van der Waals surface area contributed by atoms with E-state index >= 15 is 0 Å². The van der Waals surface area contributed by atoms with Gasteiger partial charge in [0, 0.05) is 6.54 Å². The average molecular weight is 317 g/mol. The van der Waals surface area contributed by atoms with Crippen LogP contribution in [0.5, 0.6) is 0 Å². The minimum absolute atomic E-state index is 0.185. The lowest BCUT2D eigenvalue weighted by atomic mass is 10.2. The maximum atomic E-state index is 12.1. The third kappa shape index (κ3) is 5.70. The number of anilines is 1. The van der Waals surface area contributed by atoms with Gasteiger partial charge in [0.15, 0.2) is 0 Å². The molecule has 7 heteroatoms. The molecular weight excluding hydrogens is 294 g/mol. The second-order valence-corrected chi connectivity index (χ2v) is 7.17. The molecule has 114 valence electrons. The van der Waals surface area contributed by atoms with Gasteiger partial charge in [0.2, 0.25) is 10.0 Å². The summed E-state index contributed by atoms with van der Waals surface area (Å²) >= 11 is 1.84. The van der Waals surface area contributed by atoms with Gasteiger partial charge >= 0.3 is 0 Å². The first-order valence-corrected chi connectivity index (χ1v) is 9.54. The summed E-state index contributed by atoms with van der Waals surface area (Å²) < 4.78 is 26.9. The smallest absolute Gasteiger partial charge is 0.242 e. The summed E-state index contributed by atoms with van der Waals surface area (Å²) in [6, 6.07) is 6.59. The fourth-order valence-electron chi connectivity index (χ4n) is 1.83. The van der Waals surface area contributed by atoms with E-state index in [1.54, 1.807) is 18.2 Å². The average Bonchev–Trinajstić information content (AvgIpc) is 2.46. The van der Waals surface area contributed by atoms with E-state index in [1.165, 1.54) is 18.2 Å². The summed E-state index contributed by atoms with van der Waals surface area (Å²) in [5.74, 6) is 6.49. The SMILES string of the molecule is CSCCCCCCNS(=O)(=O)c1ccccc1NN. The van der Waals surface area contributed by atoms with E-state index in [4.69, 9.17) is 5.84 Å². The molecule has 0 aromatic heterocycles. The predicted octanol–water partition coefficient (Wildman–Crippen LogP) is 2.17. The number of rotatable bonds is 10. The van der Waals surface area contributed by atoms with Gasteiger partial charge in [-0.05, 0) is 37.0 Å². The number of para-hydroxylation sites is 1. The number of nitrogens with two attached hydrogens (primary N) is 1. The first-order valence-electron chi connectivity index (χ1n) is 6.66. The van der Waals surface area contributed by atoms with Crippen molar-refractivity contribution in [3.8, 4) is 0 Å². The highest BCUT2D eigenvalue weighted by Gasteiger charge is 2.16. The number of thioether (sulfide) groups is 1. The zero-order valence-electron chi connectivity index (χ0n) is 11.8. The number of hydrazine groups is 1. The Morgan fingerprint density at radius 1 is 1.15 bits per heavy atom. The van der Waals surface area contributed by atoms with E-state index < -0.39 is 10.0 Å². The standard InChI is InChI=1S/C13H23N3O2S2/c1-19-11-7-3-2-6-10-15-20(17,18)13-9-5-4-8-12(13)16-14/h4-5,8-9,15-16H,2-3,6-7,10-11,14H2,1H3. The summed E-state index contributed by atoms with van der Waals surface area (Å²) in [6.07, 6.45) is 6.32. The molecule has 0 radical (unpaired) electrons. The normalized spacial score (nSPS) is 11.5. The molecule has 4 N–H and O–H groups in total. The molecule has 0 aliphatic rings. The Labute approximate surface area is 125 Å². The molecule has 0 amide bonds. The van der Waals surface area contributed by atoms with Crippen molar-refractivity contribution in [3.63, 3.8) is 0 Å². The molecule has 1 aromatic rings. The molecule has 0 heterocycles. The third-order valence-electron chi connectivity index (χ3n) is 2.90. The molecule has 0 atom stereocenters. The Morgan fingerprint density at radius 2 is 1.85 bits per heavy atom. The summed E-state index contributed by atoms with van der Waals surface area (Å²) in [6.45, 7) is 0.459. The number of hydrogen-bond acceptors (Lipinski definition) is 5. The molecule has 5 nitrogen and oxygen atoms in total. The van der Waals surface area contributed by atoms with Crippen LogP contribution in [-0.2, 0) is 10.0 Å². The van der Waals surface area contributed by atoms with E-state index in [9.17, 15) is 8.42 Å². The molecule has 1 aromatic carbocycles. The van der Waals surface area contributed by atoms with Gasteiger partial charge in [0.25, 0.3) is 0 Å². The van der Waals surface area contributed by atoms with E-state index in [0.29, 0.717) is 12.2 Å². The van der Waals surface area contributed by atoms with Crippen LogP contribution in [0.15, 0.2) is 29.2 Å². The van der Waals surface area contributed by atoms with Gasteiger partial charge in [-0.1, -0.05) is 25.0 Å². The first kappa shape index (κ1) is 17.3. The lowest BCUT2D eigenvalue weighted by molar-refractivity contribution is 0.574. The second-order valence-electron chi connectivity index (χ2n) is 4.45. The Kier molecular flexibility index (Phi) is 7.98. The van der Waals surface area contributed by atoms with Gasteiger partial charge in [-0.3, -0.25) is 5.84 Å². The minimum atomic E-state index is -3.50. The summed E-state index contributed by atoms with van der Waals surface area (Å²) in [7, 11) is -3.50. The van der Waals surface area contributed by atoms with Crippen LogP contribution in [0.1, 0.15) is 25.7 Å². The van der Waals surface area contributed by atoms with E-state index in [-0.39, 0.29) is 4.90 Å². The van der Waals surface area contributed by atoms with Crippen LogP contribution in [0.3, 0.4) is 0 Å². The molecule has 0 aliphatic carbocycles. The molecular formula is C13H23N3O2S2. The molecule has 0 aliphatic heterocycles. The number of nitrogens with one attached hydrogen (secondary N) is 2. The van der Waals surface area contributed by atoms with E-state index in [0.717, 1.165) is 19.3 Å². The molecule has 0 fully saturated rings. The summed E-state index contributed by atoms with van der Waals surface area (Å²) in [4.78, 5) is 0.185. The van der Waals surface area contributed by atoms with Crippen LogP contribution in [0.25, 0.3) is 0 Å². The van der Waals surface area contributed by atoms with Crippen LogP contribution in [0.4, 0.5) is 5.69 Å². The van der Waals surface area contributed by atoms with Crippen LogP contribution in [0, 0.1) is 0 Å². The zero-order chi connectivity index (χ0) is 14.8. The lowest BCUT2D eigenvalue weighted by Crippen LogP contribution is -2.26. The Balaban J connectivity index is 2.42. The van der Waals surface area contributed by atoms with Gasteiger partial charge in [-0.25, -0.2) is 13.1 Å². The van der Waals surface area contributed by atoms with Gasteiger partial charge < -0.3 is 5.43 Å². The van der Waals surface area contributed by atoms with Gasteiger partial charge in [0.1, 0.15) is 4.90 Å². The monoisotopic (exact) mass is 317 g/mol. The number of unbranched alkanes of at least 4 members (excludes halogenated alkanes) is 3. The zero-order valence-corrected chi connectivity index (χ0v) is 13.4. The lowest BCUT2D eigenvalue weighted by Gasteiger charge is -2.10. The highest BCUT2D eigenvalue weighted by molar-refractivity contribution is 7.98. The van der Waals surface area contributed by atoms with Crippen molar-refractivity contribution in [1.82, 2.24) is 4.72 Å². The number of sulfonamides is 1. The first-order chi connectivity index (χ1) is 9.61. The predicted molar refractivity (Wildman–Crippen MR) is 86.3 cm³/mol. The highest BCUT2D eigenvalue weighted by atomic mass is 32.2. The minimum Gasteiger partial charge on any atom is -0.323 e. The maximum absolute atomic E-state index is 12.1. The topological polar surface area (TPSA) is 84.2 Å². The second kappa shape index (κ2) is 9.23. The van der Waals surface area contributed by atoms with Crippen LogP contribution < -0.4 is 16.0 Å². The van der Waals surface area contributed by atoms with E-state index in [2.05, 4.69) is 16.4 Å². The Bertz CT molecular complexity index is 492. The van der Waals surface area contributed by atoms with Crippen molar-refractivity contribution >= 4 is 27.5 Å². The Morgan fingerprint density at radius 3 is 2.55 bits per heavy atom. The highest BCUT2D eigenvalue weighted by Crippen LogP contribution is 2.19. The summed E-state index contributed by atoms with van der Waals surface area (Å²) in [5, 5.41) is 0.